The van der Waals surface area contributed by atoms with E-state index in [0.717, 1.165) is 102 Å². The van der Waals surface area contributed by atoms with Crippen molar-refractivity contribution in [1.29, 1.82) is 0 Å². The van der Waals surface area contributed by atoms with Crippen LogP contribution in [0.3, 0.4) is 0 Å². The summed E-state index contributed by atoms with van der Waals surface area (Å²) in [5, 5.41) is 7.13. The van der Waals surface area contributed by atoms with E-state index in [0.29, 0.717) is 19.8 Å². The van der Waals surface area contributed by atoms with Gasteiger partial charge in [-0.15, -0.1) is 0 Å². The van der Waals surface area contributed by atoms with E-state index in [9.17, 15) is 0 Å². The van der Waals surface area contributed by atoms with Crippen molar-refractivity contribution in [3.05, 3.63) is 397 Å². The summed E-state index contributed by atoms with van der Waals surface area (Å²) >= 11 is 0. The van der Waals surface area contributed by atoms with E-state index in [1.54, 1.807) is 0 Å². The third-order valence-corrected chi connectivity index (χ3v) is 18.1. The highest BCUT2D eigenvalue weighted by Crippen LogP contribution is 2.45. The number of nitrogens with zero attached hydrogens (tertiary/aromatic N) is 3. The van der Waals surface area contributed by atoms with Gasteiger partial charge in [0.2, 0.25) is 0 Å². The third kappa shape index (κ3) is 12.6. The molecule has 0 N–H and O–H groups in total. The maximum atomic E-state index is 6.65. The van der Waals surface area contributed by atoms with E-state index in [4.69, 9.17) is 14.2 Å². The molecule has 0 aliphatic heterocycles. The largest absolute Gasteiger partial charge is 0.489 e. The topological polar surface area (TPSA) is 37.4 Å². The molecule has 0 aliphatic rings. The molecule has 0 saturated carbocycles. The number of benzene rings is 15. The van der Waals surface area contributed by atoms with Gasteiger partial charge < -0.3 is 28.9 Å². The Kier molecular flexibility index (Phi) is 16.8. The zero-order chi connectivity index (χ0) is 63.8. The fourth-order valence-electron chi connectivity index (χ4n) is 13.2. The molecule has 15 aromatic rings. The second-order valence-corrected chi connectivity index (χ2v) is 24.1. The molecule has 15 rings (SSSR count). The lowest BCUT2D eigenvalue weighted by atomic mass is 9.71. The summed E-state index contributed by atoms with van der Waals surface area (Å²) in [5.41, 5.74) is 15.7. The van der Waals surface area contributed by atoms with E-state index < -0.39 is 5.41 Å². The molecule has 6 heteroatoms. The Morgan fingerprint density at radius 1 is 0.232 bits per heavy atom. The van der Waals surface area contributed by atoms with E-state index in [1.807, 2.05) is 0 Å². The first kappa shape index (κ1) is 59.2. The zero-order valence-electron chi connectivity index (χ0n) is 52.8. The van der Waals surface area contributed by atoms with Crippen molar-refractivity contribution in [3.63, 3.8) is 0 Å². The molecular weight excluding hydrogens is 1160 g/mol. The van der Waals surface area contributed by atoms with Gasteiger partial charge in [0.25, 0.3) is 0 Å². The maximum absolute atomic E-state index is 6.65. The summed E-state index contributed by atoms with van der Waals surface area (Å²) in [7, 11) is 0. The van der Waals surface area contributed by atoms with Gasteiger partial charge in [-0.3, -0.25) is 0 Å². The van der Waals surface area contributed by atoms with Crippen LogP contribution in [0.15, 0.2) is 364 Å². The van der Waals surface area contributed by atoms with Crippen LogP contribution in [-0.2, 0) is 25.2 Å². The lowest BCUT2D eigenvalue weighted by Crippen LogP contribution is -2.25. The summed E-state index contributed by atoms with van der Waals surface area (Å²) < 4.78 is 20.0. The number of rotatable bonds is 21. The van der Waals surface area contributed by atoms with Crippen LogP contribution >= 0.6 is 0 Å². The predicted octanol–water partition coefficient (Wildman–Crippen LogP) is 23.6. The van der Waals surface area contributed by atoms with Gasteiger partial charge in [-0.1, -0.05) is 237 Å². The van der Waals surface area contributed by atoms with Crippen LogP contribution in [0.4, 0.5) is 51.2 Å². The molecule has 0 fully saturated rings. The molecule has 15 aromatic carbocycles. The number of anilines is 9. The number of fused-ring (bicyclic) bond motifs is 3. The number of hydrogen-bond acceptors (Lipinski definition) is 6. The van der Waals surface area contributed by atoms with Crippen LogP contribution in [0.1, 0.15) is 40.3 Å². The van der Waals surface area contributed by atoms with Crippen molar-refractivity contribution in [2.24, 2.45) is 0 Å². The molecule has 458 valence electrons. The minimum Gasteiger partial charge on any atom is -0.489 e. The highest BCUT2D eigenvalue weighted by Gasteiger charge is 2.32. The standard InChI is InChI=1S/C89H69N3O3/c1-89(71-47-53-80(54-48-71)93-62-65-23-17-38-77(59-65)90(74-32-5-2-6-33-74)86-44-20-29-68-26-11-14-41-83(68)86,72-49-55-81(56-50-72)94-63-66-24-18-39-78(60-66)91(75-34-7-3-8-35-75)87-45-21-30-69-27-12-15-42-84(69)87)73-51-57-82(58-52-73)95-64-67-25-19-40-79(61-67)92(76-36-9-4-10-37-76)88-46-22-31-70-28-13-16-43-85(70)88/h2-61H,62-64H2,1H3. The molecule has 0 amide bonds. The lowest BCUT2D eigenvalue weighted by molar-refractivity contribution is 0.306. The Hall–Kier alpha value is -12.1. The van der Waals surface area contributed by atoms with E-state index in [1.165, 1.54) is 32.3 Å². The zero-order valence-corrected chi connectivity index (χ0v) is 52.8. The smallest absolute Gasteiger partial charge is 0.119 e. The Balaban J connectivity index is 0.701. The Morgan fingerprint density at radius 2 is 0.474 bits per heavy atom. The molecule has 6 nitrogen and oxygen atoms in total. The van der Waals surface area contributed by atoms with E-state index >= 15 is 0 Å². The average molecular weight is 1230 g/mol. The fraction of sp³-hybridized carbons (Fsp3) is 0.0562. The van der Waals surface area contributed by atoms with Crippen LogP contribution < -0.4 is 28.9 Å². The van der Waals surface area contributed by atoms with Crippen LogP contribution in [0, 0.1) is 0 Å². The van der Waals surface area contributed by atoms with Crippen molar-refractivity contribution in [2.75, 3.05) is 14.7 Å². The summed E-state index contributed by atoms with van der Waals surface area (Å²) in [4.78, 5) is 6.99. The molecule has 0 spiro atoms. The van der Waals surface area contributed by atoms with Gasteiger partial charge in [-0.25, -0.2) is 0 Å². The first-order valence-electron chi connectivity index (χ1n) is 32.4. The second kappa shape index (κ2) is 27.0. The highest BCUT2D eigenvalue weighted by molar-refractivity contribution is 6.01. The molecule has 0 radical (unpaired) electrons. The maximum Gasteiger partial charge on any atom is 0.119 e. The minimum absolute atomic E-state index is 0.394. The lowest BCUT2D eigenvalue weighted by Gasteiger charge is -2.32. The Bertz CT molecular complexity index is 4570. The Morgan fingerprint density at radius 3 is 0.768 bits per heavy atom. The second-order valence-electron chi connectivity index (χ2n) is 24.1. The highest BCUT2D eigenvalue weighted by atomic mass is 16.5. The van der Waals surface area contributed by atoms with Crippen LogP contribution in [0.5, 0.6) is 17.2 Å². The van der Waals surface area contributed by atoms with Gasteiger partial charge in [-0.05, 0) is 184 Å². The molecule has 0 aromatic heterocycles. The molecule has 0 heterocycles. The first-order valence-corrected chi connectivity index (χ1v) is 32.4. The molecule has 0 bridgehead atoms. The number of ether oxygens (including phenoxy) is 3. The van der Waals surface area contributed by atoms with Crippen LogP contribution in [0.25, 0.3) is 32.3 Å². The van der Waals surface area contributed by atoms with Gasteiger partial charge in [0.05, 0.1) is 17.1 Å². The molecule has 0 aliphatic carbocycles. The SMILES string of the molecule is CC(c1ccc(OCc2cccc(N(c3ccccc3)c3cccc4ccccc34)c2)cc1)(c1ccc(OCc2cccc(N(c3ccccc3)c3cccc4ccccc34)c2)cc1)c1ccc(OCc2cccc(N(c3ccccc3)c3cccc4ccccc34)c2)cc1. The molecule has 0 saturated heterocycles. The third-order valence-electron chi connectivity index (χ3n) is 18.1. The van der Waals surface area contributed by atoms with Gasteiger partial charge in [0, 0.05) is 55.7 Å². The molecule has 95 heavy (non-hydrogen) atoms. The molecular formula is C89H69N3O3. The molecule has 0 atom stereocenters. The van der Waals surface area contributed by atoms with Gasteiger partial charge in [-0.2, -0.15) is 0 Å². The average Bonchev–Trinajstić information content (AvgIpc) is 0.818. The van der Waals surface area contributed by atoms with E-state index in [-0.39, 0.29) is 0 Å². The van der Waals surface area contributed by atoms with Crippen molar-refractivity contribution in [2.45, 2.75) is 32.2 Å². The monoisotopic (exact) mass is 1230 g/mol. The molecule has 0 unspecified atom stereocenters. The number of hydrogen-bond donors (Lipinski definition) is 0. The van der Waals surface area contributed by atoms with Crippen molar-refractivity contribution in [3.8, 4) is 17.2 Å². The summed E-state index contributed by atoms with van der Waals surface area (Å²) in [6, 6.07) is 129. The Labute approximate surface area is 556 Å². The fourth-order valence-corrected chi connectivity index (χ4v) is 13.2. The van der Waals surface area contributed by atoms with Gasteiger partial charge in [0.1, 0.15) is 37.1 Å². The summed E-state index contributed by atoms with van der Waals surface area (Å²) in [5.74, 6) is 2.34. The van der Waals surface area contributed by atoms with Crippen molar-refractivity contribution in [1.82, 2.24) is 0 Å². The number of para-hydroxylation sites is 3. The minimum atomic E-state index is -0.597. The van der Waals surface area contributed by atoms with Gasteiger partial charge >= 0.3 is 0 Å². The van der Waals surface area contributed by atoms with Crippen molar-refractivity contribution >= 4 is 83.5 Å². The first-order chi connectivity index (χ1) is 47.0. The van der Waals surface area contributed by atoms with Gasteiger partial charge in [0.15, 0.2) is 0 Å². The van der Waals surface area contributed by atoms with Crippen LogP contribution in [-0.4, -0.2) is 0 Å². The summed E-state index contributed by atoms with van der Waals surface area (Å²) in [6.07, 6.45) is 0. The predicted molar refractivity (Wildman–Crippen MR) is 394 cm³/mol. The normalized spacial score (nSPS) is 11.3. The van der Waals surface area contributed by atoms with E-state index in [2.05, 4.69) is 386 Å². The van der Waals surface area contributed by atoms with Crippen LogP contribution in [0.2, 0.25) is 0 Å². The summed E-state index contributed by atoms with van der Waals surface area (Å²) in [6.45, 7) is 3.48. The quantitative estimate of drug-likeness (QED) is 0.0668. The van der Waals surface area contributed by atoms with Crippen molar-refractivity contribution < 1.29 is 14.2 Å².